The van der Waals surface area contributed by atoms with E-state index in [2.05, 4.69) is 10.6 Å². The third kappa shape index (κ3) is 5.87. The fourth-order valence-corrected chi connectivity index (χ4v) is 3.39. The SMILES string of the molecule is CCCNc1c(N[C@@H](Cc2ccc(N(OCc3ccccc3)C(C)=O)cc2)C(=O)O)c(=O)c1=O. The van der Waals surface area contributed by atoms with Crippen LogP contribution in [0.1, 0.15) is 31.4 Å². The van der Waals surface area contributed by atoms with Crippen LogP contribution >= 0.6 is 0 Å². The van der Waals surface area contributed by atoms with Crippen LogP contribution in [0.25, 0.3) is 0 Å². The standard InChI is InChI=1S/C25H27N3O6/c1-3-13-26-21-22(24(31)23(21)30)27-20(25(32)33)14-17-9-11-19(12-10-17)28(16(2)29)34-15-18-7-5-4-6-8-18/h4-12,20,26-27H,3,13-15H2,1-2H3,(H,32,33)/t20-/m0/s1. The van der Waals surface area contributed by atoms with Crippen molar-refractivity contribution in [2.24, 2.45) is 0 Å². The van der Waals surface area contributed by atoms with Crippen LogP contribution in [0.15, 0.2) is 64.2 Å². The lowest BCUT2D eigenvalue weighted by Crippen LogP contribution is -2.42. The van der Waals surface area contributed by atoms with Crippen LogP contribution in [0.3, 0.4) is 0 Å². The van der Waals surface area contributed by atoms with Crippen molar-refractivity contribution in [3.8, 4) is 0 Å². The van der Waals surface area contributed by atoms with Crippen LogP contribution < -0.4 is 26.6 Å². The van der Waals surface area contributed by atoms with Gasteiger partial charge in [-0.3, -0.25) is 19.2 Å². The van der Waals surface area contributed by atoms with E-state index in [1.54, 1.807) is 24.3 Å². The topological polar surface area (TPSA) is 125 Å². The number of hydrogen-bond donors (Lipinski definition) is 3. The van der Waals surface area contributed by atoms with Gasteiger partial charge in [0.2, 0.25) is 5.91 Å². The molecule has 3 aromatic rings. The maximum absolute atomic E-state index is 12.1. The number of carboxylic acid groups (broad SMARTS) is 1. The summed E-state index contributed by atoms with van der Waals surface area (Å²) in [7, 11) is 0. The number of amides is 1. The van der Waals surface area contributed by atoms with Crippen molar-refractivity contribution in [3.63, 3.8) is 0 Å². The van der Waals surface area contributed by atoms with E-state index in [4.69, 9.17) is 4.84 Å². The molecule has 0 aliphatic heterocycles. The number of benzene rings is 2. The van der Waals surface area contributed by atoms with Gasteiger partial charge in [0.25, 0.3) is 10.9 Å². The molecule has 3 N–H and O–H groups in total. The number of rotatable bonds is 12. The molecule has 34 heavy (non-hydrogen) atoms. The van der Waals surface area contributed by atoms with Crippen LogP contribution in [0.2, 0.25) is 0 Å². The zero-order chi connectivity index (χ0) is 24.7. The molecular formula is C25H27N3O6. The van der Waals surface area contributed by atoms with Crippen LogP contribution in [0.4, 0.5) is 17.1 Å². The first-order valence-corrected chi connectivity index (χ1v) is 10.9. The Bertz CT molecular complexity index is 1200. The molecule has 0 aliphatic rings. The van der Waals surface area contributed by atoms with Gasteiger partial charge in [-0.05, 0) is 29.7 Å². The molecule has 9 heteroatoms. The average molecular weight is 466 g/mol. The van der Waals surface area contributed by atoms with Gasteiger partial charge in [0.05, 0.1) is 5.69 Å². The normalized spacial score (nSPS) is 11.7. The number of aliphatic carboxylic acids is 1. The third-order valence-electron chi connectivity index (χ3n) is 5.18. The first-order valence-electron chi connectivity index (χ1n) is 10.9. The zero-order valence-electron chi connectivity index (χ0n) is 19.0. The van der Waals surface area contributed by atoms with Crippen LogP contribution in [-0.2, 0) is 27.5 Å². The summed E-state index contributed by atoms with van der Waals surface area (Å²) in [5, 5.41) is 16.4. The van der Waals surface area contributed by atoms with Crippen LogP contribution in [-0.4, -0.2) is 29.6 Å². The fourth-order valence-electron chi connectivity index (χ4n) is 3.39. The number of hydrogen-bond acceptors (Lipinski definition) is 7. The molecule has 0 radical (unpaired) electrons. The van der Waals surface area contributed by atoms with Gasteiger partial charge in [0.1, 0.15) is 24.0 Å². The molecule has 0 spiro atoms. The van der Waals surface area contributed by atoms with E-state index < -0.39 is 22.9 Å². The molecule has 0 saturated heterocycles. The number of nitrogens with zero attached hydrogens (tertiary/aromatic N) is 1. The van der Waals surface area contributed by atoms with Gasteiger partial charge in [-0.2, -0.15) is 5.06 Å². The summed E-state index contributed by atoms with van der Waals surface area (Å²) in [6.07, 6.45) is 0.811. The second-order valence-corrected chi connectivity index (χ2v) is 7.81. The first kappa shape index (κ1) is 24.7. The van der Waals surface area contributed by atoms with E-state index in [1.807, 2.05) is 37.3 Å². The lowest BCUT2D eigenvalue weighted by atomic mass is 10.0. The summed E-state index contributed by atoms with van der Waals surface area (Å²) in [6.45, 7) is 4.01. The molecule has 0 bridgehead atoms. The second kappa shape index (κ2) is 11.2. The van der Waals surface area contributed by atoms with Gasteiger partial charge in [0, 0.05) is 19.9 Å². The Hall–Kier alpha value is -3.98. The van der Waals surface area contributed by atoms with Crippen molar-refractivity contribution in [1.82, 2.24) is 0 Å². The molecule has 0 aromatic heterocycles. The minimum absolute atomic E-state index is 0.000429. The van der Waals surface area contributed by atoms with Crippen molar-refractivity contribution < 1.29 is 19.5 Å². The predicted molar refractivity (Wildman–Crippen MR) is 130 cm³/mol. The summed E-state index contributed by atoms with van der Waals surface area (Å²) in [6, 6.07) is 15.0. The molecule has 0 heterocycles. The Morgan fingerprint density at radius 1 is 0.971 bits per heavy atom. The number of carboxylic acids is 1. The van der Waals surface area contributed by atoms with Crippen LogP contribution in [0.5, 0.6) is 0 Å². The summed E-state index contributed by atoms with van der Waals surface area (Å²) in [4.78, 5) is 53.3. The van der Waals surface area contributed by atoms with Gasteiger partial charge in [-0.15, -0.1) is 0 Å². The molecule has 0 fully saturated rings. The molecule has 0 unspecified atom stereocenters. The molecule has 1 atom stereocenters. The third-order valence-corrected chi connectivity index (χ3v) is 5.18. The quantitative estimate of drug-likeness (QED) is 0.275. The molecule has 3 rings (SSSR count). The van der Waals surface area contributed by atoms with E-state index in [0.717, 1.165) is 12.0 Å². The fraction of sp³-hybridized carbons (Fsp3) is 0.280. The van der Waals surface area contributed by atoms with E-state index in [9.17, 15) is 24.3 Å². The summed E-state index contributed by atoms with van der Waals surface area (Å²) >= 11 is 0. The van der Waals surface area contributed by atoms with Crippen molar-refractivity contribution in [3.05, 3.63) is 86.2 Å². The largest absolute Gasteiger partial charge is 0.480 e. The van der Waals surface area contributed by atoms with Crippen molar-refractivity contribution >= 4 is 28.9 Å². The number of hydroxylamine groups is 1. The predicted octanol–water partition coefficient (Wildman–Crippen LogP) is 2.70. The molecule has 178 valence electrons. The molecule has 0 aliphatic carbocycles. The Morgan fingerprint density at radius 2 is 1.62 bits per heavy atom. The monoisotopic (exact) mass is 465 g/mol. The maximum atomic E-state index is 12.1. The van der Waals surface area contributed by atoms with E-state index in [1.165, 1.54) is 12.0 Å². The van der Waals surface area contributed by atoms with Gasteiger partial charge in [0.15, 0.2) is 0 Å². The van der Waals surface area contributed by atoms with Crippen molar-refractivity contribution in [2.75, 3.05) is 22.2 Å². The highest BCUT2D eigenvalue weighted by Crippen LogP contribution is 2.20. The zero-order valence-corrected chi connectivity index (χ0v) is 19.0. The van der Waals surface area contributed by atoms with Gasteiger partial charge in [-0.1, -0.05) is 49.4 Å². The minimum atomic E-state index is -1.16. The van der Waals surface area contributed by atoms with Gasteiger partial charge >= 0.3 is 5.97 Å². The highest BCUT2D eigenvalue weighted by Gasteiger charge is 2.26. The Balaban J connectivity index is 1.69. The van der Waals surface area contributed by atoms with Crippen LogP contribution in [0, 0.1) is 0 Å². The minimum Gasteiger partial charge on any atom is -0.480 e. The molecule has 0 saturated carbocycles. The van der Waals surface area contributed by atoms with Gasteiger partial charge < -0.3 is 15.7 Å². The number of carbonyl (C=O) groups excluding carboxylic acids is 1. The van der Waals surface area contributed by atoms with E-state index >= 15 is 0 Å². The second-order valence-electron chi connectivity index (χ2n) is 7.81. The summed E-state index contributed by atoms with van der Waals surface area (Å²) < 4.78 is 0. The molecule has 1 amide bonds. The Morgan fingerprint density at radius 3 is 2.21 bits per heavy atom. The van der Waals surface area contributed by atoms with E-state index in [0.29, 0.717) is 17.8 Å². The highest BCUT2D eigenvalue weighted by molar-refractivity contribution is 5.89. The van der Waals surface area contributed by atoms with Gasteiger partial charge in [-0.25, -0.2) is 4.79 Å². The first-order chi connectivity index (χ1) is 16.3. The highest BCUT2D eigenvalue weighted by atomic mass is 16.7. The summed E-state index contributed by atoms with van der Waals surface area (Å²) in [5.41, 5.74) is 0.821. The molecule has 3 aromatic carbocycles. The smallest absolute Gasteiger partial charge is 0.326 e. The molecular weight excluding hydrogens is 438 g/mol. The van der Waals surface area contributed by atoms with Crippen molar-refractivity contribution in [1.29, 1.82) is 0 Å². The lowest BCUT2D eigenvalue weighted by Gasteiger charge is -2.22. The number of nitrogens with one attached hydrogen (secondary N) is 2. The number of anilines is 3. The van der Waals surface area contributed by atoms with E-state index in [-0.39, 0.29) is 30.3 Å². The summed E-state index contributed by atoms with van der Waals surface area (Å²) in [5.74, 6) is -1.46. The Labute approximate surface area is 196 Å². The number of carbonyl (C=O) groups is 2. The Kier molecular flexibility index (Phi) is 8.15. The molecule has 9 nitrogen and oxygen atoms in total. The maximum Gasteiger partial charge on any atom is 0.326 e. The average Bonchev–Trinajstić information content (AvgIpc) is 2.83. The van der Waals surface area contributed by atoms with Crippen molar-refractivity contribution in [2.45, 2.75) is 39.3 Å². The lowest BCUT2D eigenvalue weighted by molar-refractivity contribution is -0.137.